The first-order chi connectivity index (χ1) is 8.69. The number of nitrogen functional groups attached to an aromatic ring is 1. The van der Waals surface area contributed by atoms with Crippen LogP contribution in [0.3, 0.4) is 0 Å². The normalized spacial score (nSPS) is 17.2. The molecule has 5 heteroatoms. The van der Waals surface area contributed by atoms with Crippen molar-refractivity contribution in [1.29, 1.82) is 0 Å². The molecule has 0 amide bonds. The smallest absolute Gasteiger partial charge is 0.141 e. The van der Waals surface area contributed by atoms with Crippen molar-refractivity contribution in [3.63, 3.8) is 0 Å². The molecule has 0 bridgehead atoms. The van der Waals surface area contributed by atoms with Gasteiger partial charge in [-0.3, -0.25) is 0 Å². The molecule has 5 nitrogen and oxygen atoms in total. The van der Waals surface area contributed by atoms with E-state index >= 15 is 0 Å². The standard InChI is InChI=1S/C13H23N5/c1-17(2)10-11-4-7-18(8-5-11)12-3-6-15-13(9-12)16-14/h3,6,9,11H,4-5,7-8,10,14H2,1-2H3,(H,15,16). The summed E-state index contributed by atoms with van der Waals surface area (Å²) in [5.41, 5.74) is 3.81. The minimum Gasteiger partial charge on any atom is -0.371 e. The Labute approximate surface area is 109 Å². The van der Waals surface area contributed by atoms with Crippen molar-refractivity contribution in [3.8, 4) is 0 Å². The van der Waals surface area contributed by atoms with Crippen molar-refractivity contribution in [1.82, 2.24) is 9.88 Å². The van der Waals surface area contributed by atoms with Crippen LogP contribution < -0.4 is 16.2 Å². The fourth-order valence-corrected chi connectivity index (χ4v) is 2.59. The molecule has 0 aromatic carbocycles. The van der Waals surface area contributed by atoms with Gasteiger partial charge in [0, 0.05) is 37.6 Å². The highest BCUT2D eigenvalue weighted by molar-refractivity contribution is 5.53. The highest BCUT2D eigenvalue weighted by atomic mass is 15.3. The molecule has 0 saturated carbocycles. The third kappa shape index (κ3) is 3.34. The van der Waals surface area contributed by atoms with Crippen molar-refractivity contribution < 1.29 is 0 Å². The van der Waals surface area contributed by atoms with Crippen LogP contribution in [-0.4, -0.2) is 43.6 Å². The molecule has 1 saturated heterocycles. The van der Waals surface area contributed by atoms with Gasteiger partial charge < -0.3 is 15.2 Å². The van der Waals surface area contributed by atoms with Gasteiger partial charge in [-0.2, -0.15) is 0 Å². The maximum Gasteiger partial charge on any atom is 0.141 e. The fourth-order valence-electron chi connectivity index (χ4n) is 2.59. The molecule has 3 N–H and O–H groups in total. The summed E-state index contributed by atoms with van der Waals surface area (Å²) >= 11 is 0. The third-order valence-corrected chi connectivity index (χ3v) is 3.49. The van der Waals surface area contributed by atoms with Gasteiger partial charge in [0.2, 0.25) is 0 Å². The molecule has 0 unspecified atom stereocenters. The molecule has 0 atom stereocenters. The zero-order chi connectivity index (χ0) is 13.0. The summed E-state index contributed by atoms with van der Waals surface area (Å²) in [7, 11) is 4.29. The lowest BCUT2D eigenvalue weighted by Crippen LogP contribution is -2.37. The van der Waals surface area contributed by atoms with E-state index in [0.29, 0.717) is 0 Å². The molecule has 100 valence electrons. The number of nitrogens with one attached hydrogen (secondary N) is 1. The molecule has 0 radical (unpaired) electrons. The molecule has 1 aliphatic heterocycles. The molecular formula is C13H23N5. The van der Waals surface area contributed by atoms with Crippen molar-refractivity contribution in [2.75, 3.05) is 44.1 Å². The summed E-state index contributed by atoms with van der Waals surface area (Å²) in [5, 5.41) is 0. The summed E-state index contributed by atoms with van der Waals surface area (Å²) in [6, 6.07) is 4.05. The van der Waals surface area contributed by atoms with Crippen molar-refractivity contribution >= 4 is 11.5 Å². The number of nitrogens with two attached hydrogens (primary N) is 1. The molecule has 1 fully saturated rings. The first-order valence-corrected chi connectivity index (χ1v) is 6.51. The molecule has 1 aliphatic rings. The molecule has 0 aliphatic carbocycles. The number of hydrogen-bond acceptors (Lipinski definition) is 5. The molecule has 18 heavy (non-hydrogen) atoms. The second-order valence-electron chi connectivity index (χ2n) is 5.24. The van der Waals surface area contributed by atoms with E-state index in [2.05, 4.69) is 34.3 Å². The van der Waals surface area contributed by atoms with E-state index in [9.17, 15) is 0 Å². The lowest BCUT2D eigenvalue weighted by Gasteiger charge is -2.34. The van der Waals surface area contributed by atoms with Crippen LogP contribution in [0.4, 0.5) is 11.5 Å². The van der Waals surface area contributed by atoms with Gasteiger partial charge in [-0.05, 0) is 38.9 Å². The van der Waals surface area contributed by atoms with Gasteiger partial charge in [0.15, 0.2) is 0 Å². The van der Waals surface area contributed by atoms with Gasteiger partial charge in [-0.25, -0.2) is 10.8 Å². The predicted octanol–water partition coefficient (Wildman–Crippen LogP) is 1.15. The quantitative estimate of drug-likeness (QED) is 0.619. The molecule has 1 aromatic heterocycles. The van der Waals surface area contributed by atoms with Crippen LogP contribution in [0, 0.1) is 5.92 Å². The average molecular weight is 249 g/mol. The molecular weight excluding hydrogens is 226 g/mol. The second-order valence-corrected chi connectivity index (χ2v) is 5.24. The van der Waals surface area contributed by atoms with Crippen LogP contribution >= 0.6 is 0 Å². The Kier molecular flexibility index (Phi) is 4.38. The largest absolute Gasteiger partial charge is 0.371 e. The second kappa shape index (κ2) is 6.02. The van der Waals surface area contributed by atoms with Gasteiger partial charge in [0.1, 0.15) is 5.82 Å². The van der Waals surface area contributed by atoms with Crippen LogP contribution in [0.5, 0.6) is 0 Å². The van der Waals surface area contributed by atoms with Crippen molar-refractivity contribution in [2.24, 2.45) is 11.8 Å². The van der Waals surface area contributed by atoms with E-state index < -0.39 is 0 Å². The van der Waals surface area contributed by atoms with Crippen LogP contribution in [0.25, 0.3) is 0 Å². The Morgan fingerprint density at radius 1 is 1.44 bits per heavy atom. The number of pyridine rings is 1. The highest BCUT2D eigenvalue weighted by Crippen LogP contribution is 2.24. The van der Waals surface area contributed by atoms with E-state index in [4.69, 9.17) is 5.84 Å². The Balaban J connectivity index is 1.92. The Morgan fingerprint density at radius 2 is 2.17 bits per heavy atom. The molecule has 0 spiro atoms. The van der Waals surface area contributed by atoms with Gasteiger partial charge in [0.05, 0.1) is 0 Å². The first-order valence-electron chi connectivity index (χ1n) is 6.51. The summed E-state index contributed by atoms with van der Waals surface area (Å²) in [6.07, 6.45) is 4.31. The van der Waals surface area contributed by atoms with Gasteiger partial charge in [-0.1, -0.05) is 0 Å². The van der Waals surface area contributed by atoms with Crippen LogP contribution in [0.15, 0.2) is 18.3 Å². The first kappa shape index (κ1) is 13.1. The Morgan fingerprint density at radius 3 is 2.78 bits per heavy atom. The summed E-state index contributed by atoms with van der Waals surface area (Å²) in [5.74, 6) is 6.94. The van der Waals surface area contributed by atoms with E-state index in [1.807, 2.05) is 12.1 Å². The lowest BCUT2D eigenvalue weighted by atomic mass is 9.96. The monoisotopic (exact) mass is 249 g/mol. The number of hydrazine groups is 1. The number of nitrogens with zero attached hydrogens (tertiary/aromatic N) is 3. The van der Waals surface area contributed by atoms with E-state index in [-0.39, 0.29) is 0 Å². The minimum atomic E-state index is 0.725. The Hall–Kier alpha value is -1.33. The van der Waals surface area contributed by atoms with Crippen molar-refractivity contribution in [2.45, 2.75) is 12.8 Å². The maximum atomic E-state index is 5.39. The van der Waals surface area contributed by atoms with E-state index in [1.54, 1.807) is 6.20 Å². The molecule has 2 heterocycles. The predicted molar refractivity (Wildman–Crippen MR) is 75.5 cm³/mol. The van der Waals surface area contributed by atoms with E-state index in [0.717, 1.165) is 24.8 Å². The number of hydrogen-bond donors (Lipinski definition) is 2. The summed E-state index contributed by atoms with van der Waals surface area (Å²) in [4.78, 5) is 8.83. The molecule has 1 aromatic rings. The zero-order valence-corrected chi connectivity index (χ0v) is 11.3. The lowest BCUT2D eigenvalue weighted by molar-refractivity contribution is 0.285. The number of piperidine rings is 1. The van der Waals surface area contributed by atoms with Gasteiger partial charge >= 0.3 is 0 Å². The average Bonchev–Trinajstić information content (AvgIpc) is 2.39. The van der Waals surface area contributed by atoms with Crippen molar-refractivity contribution in [3.05, 3.63) is 18.3 Å². The van der Waals surface area contributed by atoms with Gasteiger partial charge in [-0.15, -0.1) is 0 Å². The Bertz CT molecular complexity index is 371. The zero-order valence-electron chi connectivity index (χ0n) is 11.3. The number of aromatic nitrogens is 1. The number of rotatable bonds is 4. The fraction of sp³-hybridized carbons (Fsp3) is 0.615. The number of anilines is 2. The SMILES string of the molecule is CN(C)CC1CCN(c2ccnc(NN)c2)CC1. The van der Waals surface area contributed by atoms with Crippen LogP contribution in [0.1, 0.15) is 12.8 Å². The summed E-state index contributed by atoms with van der Waals surface area (Å²) < 4.78 is 0. The minimum absolute atomic E-state index is 0.725. The summed E-state index contributed by atoms with van der Waals surface area (Å²) in [6.45, 7) is 3.43. The van der Waals surface area contributed by atoms with Crippen LogP contribution in [0.2, 0.25) is 0 Å². The van der Waals surface area contributed by atoms with Crippen LogP contribution in [-0.2, 0) is 0 Å². The van der Waals surface area contributed by atoms with E-state index in [1.165, 1.54) is 25.1 Å². The van der Waals surface area contributed by atoms with Gasteiger partial charge in [0.25, 0.3) is 0 Å². The third-order valence-electron chi connectivity index (χ3n) is 3.49. The highest BCUT2D eigenvalue weighted by Gasteiger charge is 2.19. The maximum absolute atomic E-state index is 5.39. The topological polar surface area (TPSA) is 57.4 Å². The molecule has 2 rings (SSSR count).